The van der Waals surface area contributed by atoms with Crippen LogP contribution in [-0.4, -0.2) is 16.8 Å². The van der Waals surface area contributed by atoms with Crippen molar-refractivity contribution in [3.8, 4) is 5.75 Å². The maximum absolute atomic E-state index is 11.4. The zero-order valence-electron chi connectivity index (χ0n) is 10.6. The monoisotopic (exact) mass is 249 g/mol. The van der Waals surface area contributed by atoms with Crippen LogP contribution in [-0.2, 0) is 4.79 Å². The molecule has 1 aromatic rings. The van der Waals surface area contributed by atoms with Gasteiger partial charge in [0, 0.05) is 18.1 Å². The van der Waals surface area contributed by atoms with Gasteiger partial charge in [-0.25, -0.2) is 0 Å². The summed E-state index contributed by atoms with van der Waals surface area (Å²) in [5.41, 5.74) is 0.169. The summed E-state index contributed by atoms with van der Waals surface area (Å²) in [5, 5.41) is 10.7. The van der Waals surface area contributed by atoms with Crippen LogP contribution in [0.4, 0.5) is 5.69 Å². The zero-order valence-corrected chi connectivity index (χ0v) is 10.6. The van der Waals surface area contributed by atoms with Crippen molar-refractivity contribution in [3.05, 3.63) is 33.9 Å². The molecule has 18 heavy (non-hydrogen) atoms. The Morgan fingerprint density at radius 1 is 1.44 bits per heavy atom. The number of hydrogen-bond donors (Lipinski definition) is 0. The third kappa shape index (κ3) is 1.96. The van der Waals surface area contributed by atoms with E-state index in [4.69, 9.17) is 4.74 Å². The molecule has 1 aliphatic carbocycles. The first-order valence-corrected chi connectivity index (χ1v) is 5.77. The quantitative estimate of drug-likeness (QED) is 0.610. The molecule has 1 saturated carbocycles. The number of ketones is 1. The van der Waals surface area contributed by atoms with Crippen LogP contribution in [0, 0.1) is 22.5 Å². The highest BCUT2D eigenvalue weighted by molar-refractivity contribution is 5.91. The maximum atomic E-state index is 11.4. The number of carbonyl (C=O) groups is 1. The van der Waals surface area contributed by atoms with E-state index in [0.29, 0.717) is 17.7 Å². The number of nitrogens with zero attached hydrogens (tertiary/aromatic N) is 1. The second-order valence-electron chi connectivity index (χ2n) is 5.16. The molecule has 0 N–H and O–H groups in total. The number of Topliss-reactive ketones (excluding diaryl/α,β-unsaturated/α-hetero) is 1. The molecule has 0 amide bonds. The summed E-state index contributed by atoms with van der Waals surface area (Å²) in [4.78, 5) is 21.7. The molecule has 1 fully saturated rings. The van der Waals surface area contributed by atoms with Crippen LogP contribution < -0.4 is 4.74 Å². The van der Waals surface area contributed by atoms with Gasteiger partial charge in [0.1, 0.15) is 17.6 Å². The van der Waals surface area contributed by atoms with Crippen molar-refractivity contribution in [1.29, 1.82) is 0 Å². The highest BCUT2D eigenvalue weighted by Gasteiger charge is 2.49. The number of ether oxygens (including phenoxy) is 1. The molecule has 0 spiro atoms. The number of carbonyl (C=O) groups excluding carboxylic acids is 1. The normalized spacial score (nSPS) is 21.3. The van der Waals surface area contributed by atoms with Crippen molar-refractivity contribution in [2.24, 2.45) is 5.41 Å². The molecule has 5 heteroatoms. The lowest BCUT2D eigenvalue weighted by molar-refractivity contribution is -0.385. The topological polar surface area (TPSA) is 69.4 Å². The minimum Gasteiger partial charge on any atom is -0.489 e. The van der Waals surface area contributed by atoms with Gasteiger partial charge in [0.25, 0.3) is 5.69 Å². The smallest absolute Gasteiger partial charge is 0.272 e. The van der Waals surface area contributed by atoms with Gasteiger partial charge in [0.15, 0.2) is 0 Å². The SMILES string of the molecule is Cc1cc(OC2CC(=O)C2(C)C)ccc1[N+](=O)[O-]. The van der Waals surface area contributed by atoms with Crippen LogP contribution in [0.25, 0.3) is 0 Å². The van der Waals surface area contributed by atoms with E-state index >= 15 is 0 Å². The van der Waals surface area contributed by atoms with Crippen LogP contribution in [0.15, 0.2) is 18.2 Å². The predicted octanol–water partition coefficient (Wildman–Crippen LogP) is 2.65. The number of aryl methyl sites for hydroxylation is 1. The number of nitro groups is 1. The van der Waals surface area contributed by atoms with Crippen LogP contribution >= 0.6 is 0 Å². The molecule has 0 saturated heterocycles. The Hall–Kier alpha value is -1.91. The van der Waals surface area contributed by atoms with Gasteiger partial charge in [0.05, 0.1) is 10.3 Å². The molecule has 96 valence electrons. The third-order valence-electron chi connectivity index (χ3n) is 3.54. The molecule has 0 heterocycles. The summed E-state index contributed by atoms with van der Waals surface area (Å²) in [5.74, 6) is 0.759. The fourth-order valence-electron chi connectivity index (χ4n) is 1.99. The number of hydrogen-bond acceptors (Lipinski definition) is 4. The Morgan fingerprint density at radius 3 is 2.56 bits per heavy atom. The summed E-state index contributed by atoms with van der Waals surface area (Å²) >= 11 is 0. The predicted molar refractivity (Wildman–Crippen MR) is 65.7 cm³/mol. The fraction of sp³-hybridized carbons (Fsp3) is 0.462. The lowest BCUT2D eigenvalue weighted by Crippen LogP contribution is -2.52. The summed E-state index contributed by atoms with van der Waals surface area (Å²) in [7, 11) is 0. The fourth-order valence-corrected chi connectivity index (χ4v) is 1.99. The minimum atomic E-state index is -0.463. The lowest BCUT2D eigenvalue weighted by Gasteiger charge is -2.41. The van der Waals surface area contributed by atoms with Crippen LogP contribution in [0.2, 0.25) is 0 Å². The molecule has 1 aliphatic rings. The zero-order chi connectivity index (χ0) is 13.5. The first-order chi connectivity index (χ1) is 8.32. The number of rotatable bonds is 3. The first-order valence-electron chi connectivity index (χ1n) is 5.77. The van der Waals surface area contributed by atoms with E-state index in [-0.39, 0.29) is 17.6 Å². The molecule has 1 unspecified atom stereocenters. The largest absolute Gasteiger partial charge is 0.489 e. The number of nitro benzene ring substituents is 1. The molecule has 0 bridgehead atoms. The van der Waals surface area contributed by atoms with Crippen LogP contribution in [0.5, 0.6) is 5.75 Å². The van der Waals surface area contributed by atoms with Gasteiger partial charge in [-0.1, -0.05) is 0 Å². The van der Waals surface area contributed by atoms with E-state index in [1.807, 2.05) is 13.8 Å². The summed E-state index contributed by atoms with van der Waals surface area (Å²) in [6.07, 6.45) is 0.258. The highest BCUT2D eigenvalue weighted by Crippen LogP contribution is 2.39. The van der Waals surface area contributed by atoms with E-state index in [9.17, 15) is 14.9 Å². The second-order valence-corrected chi connectivity index (χ2v) is 5.16. The van der Waals surface area contributed by atoms with Crippen molar-refractivity contribution in [3.63, 3.8) is 0 Å². The molecule has 2 rings (SSSR count). The number of benzene rings is 1. The third-order valence-corrected chi connectivity index (χ3v) is 3.54. The van der Waals surface area contributed by atoms with Crippen molar-refractivity contribution in [1.82, 2.24) is 0 Å². The molecule has 0 radical (unpaired) electrons. The summed E-state index contributed by atoms with van der Waals surface area (Å²) in [6.45, 7) is 5.37. The Balaban J connectivity index is 2.15. The molecule has 1 aromatic carbocycles. The van der Waals surface area contributed by atoms with E-state index in [1.54, 1.807) is 19.1 Å². The Morgan fingerprint density at radius 2 is 2.11 bits per heavy atom. The van der Waals surface area contributed by atoms with E-state index in [1.165, 1.54) is 6.07 Å². The van der Waals surface area contributed by atoms with Crippen molar-refractivity contribution < 1.29 is 14.5 Å². The van der Waals surface area contributed by atoms with Crippen molar-refractivity contribution >= 4 is 11.5 Å². The second kappa shape index (κ2) is 4.08. The first kappa shape index (κ1) is 12.5. The average Bonchev–Trinajstić information content (AvgIpc) is 2.28. The Labute approximate surface area is 105 Å². The van der Waals surface area contributed by atoms with E-state index in [2.05, 4.69) is 0 Å². The average molecular weight is 249 g/mol. The minimum absolute atomic E-state index is 0.0753. The Bertz CT molecular complexity index is 522. The molecule has 0 aromatic heterocycles. The van der Waals surface area contributed by atoms with E-state index < -0.39 is 10.3 Å². The molecule has 1 atom stereocenters. The molecule has 5 nitrogen and oxygen atoms in total. The highest BCUT2D eigenvalue weighted by atomic mass is 16.6. The molecular formula is C13H15NO4. The summed E-state index contributed by atoms with van der Waals surface area (Å²) in [6, 6.07) is 4.64. The van der Waals surface area contributed by atoms with Gasteiger partial charge in [-0.15, -0.1) is 0 Å². The van der Waals surface area contributed by atoms with Gasteiger partial charge >= 0.3 is 0 Å². The maximum Gasteiger partial charge on any atom is 0.272 e. The molecular weight excluding hydrogens is 234 g/mol. The van der Waals surface area contributed by atoms with Crippen molar-refractivity contribution in [2.45, 2.75) is 33.3 Å². The Kier molecular flexibility index (Phi) is 2.84. The van der Waals surface area contributed by atoms with Gasteiger partial charge in [-0.05, 0) is 32.9 Å². The van der Waals surface area contributed by atoms with E-state index in [0.717, 1.165) is 0 Å². The van der Waals surface area contributed by atoms with Crippen LogP contribution in [0.3, 0.4) is 0 Å². The van der Waals surface area contributed by atoms with Gasteiger partial charge in [-0.3, -0.25) is 14.9 Å². The molecule has 0 aliphatic heterocycles. The van der Waals surface area contributed by atoms with Crippen molar-refractivity contribution in [2.75, 3.05) is 0 Å². The standard InChI is InChI=1S/C13H15NO4/c1-8-6-9(4-5-10(8)14(16)17)18-12-7-11(15)13(12,2)3/h4-6,12H,7H2,1-3H3. The van der Waals surface area contributed by atoms with Gasteiger partial charge in [-0.2, -0.15) is 0 Å². The lowest BCUT2D eigenvalue weighted by atomic mass is 9.68. The van der Waals surface area contributed by atoms with Crippen LogP contribution in [0.1, 0.15) is 25.8 Å². The summed E-state index contributed by atoms with van der Waals surface area (Å²) < 4.78 is 5.71. The van der Waals surface area contributed by atoms with Gasteiger partial charge in [0.2, 0.25) is 0 Å². The van der Waals surface area contributed by atoms with Gasteiger partial charge < -0.3 is 4.74 Å².